The van der Waals surface area contributed by atoms with E-state index in [-0.39, 0.29) is 11.8 Å². The molecule has 0 aromatic carbocycles. The first-order chi connectivity index (χ1) is 11.2. The van der Waals surface area contributed by atoms with Crippen LogP contribution in [0.2, 0.25) is 0 Å². The fourth-order valence-corrected chi connectivity index (χ4v) is 3.45. The number of nitrogens with zero attached hydrogens (tertiary/aromatic N) is 1. The maximum Gasteiger partial charge on any atom is 0.272 e. The number of hydrogen-bond acceptors (Lipinski definition) is 3. The molecular weight excluding hydrogens is 292 g/mol. The van der Waals surface area contributed by atoms with Gasteiger partial charge in [0, 0.05) is 18.2 Å². The summed E-state index contributed by atoms with van der Waals surface area (Å²) in [6.07, 6.45) is 8.13. The van der Waals surface area contributed by atoms with E-state index in [1.165, 1.54) is 12.8 Å². The largest absolute Gasteiger partial charge is 0.354 e. The lowest BCUT2D eigenvalue weighted by atomic mass is 9.95. The molecular formula is C17H24N4O2. The number of carbonyl (C=O) groups excluding carboxylic acids is 2. The van der Waals surface area contributed by atoms with Crippen molar-refractivity contribution in [3.05, 3.63) is 17.5 Å². The molecule has 6 nitrogen and oxygen atoms in total. The van der Waals surface area contributed by atoms with Crippen molar-refractivity contribution in [2.75, 3.05) is 6.54 Å². The molecule has 0 saturated heterocycles. The Morgan fingerprint density at radius 3 is 2.61 bits per heavy atom. The highest BCUT2D eigenvalue weighted by Crippen LogP contribution is 2.39. The Bertz CT molecular complexity index is 610. The second-order valence-electron chi connectivity index (χ2n) is 7.38. The molecule has 124 valence electrons. The lowest BCUT2D eigenvalue weighted by Crippen LogP contribution is -2.57. The van der Waals surface area contributed by atoms with E-state index in [1.807, 2.05) is 6.07 Å². The SMILES string of the molecule is O=C(NC1(C(=O)NCC2CC2)CCCC1)c1cc(C2CC2)[nH]n1. The average molecular weight is 316 g/mol. The van der Waals surface area contributed by atoms with Crippen LogP contribution in [0.1, 0.15) is 73.5 Å². The number of hydrogen-bond donors (Lipinski definition) is 3. The van der Waals surface area contributed by atoms with Crippen molar-refractivity contribution in [2.24, 2.45) is 5.92 Å². The van der Waals surface area contributed by atoms with Crippen LogP contribution in [0.4, 0.5) is 0 Å². The maximum absolute atomic E-state index is 12.6. The zero-order chi connectivity index (χ0) is 15.9. The Hall–Kier alpha value is -1.85. The highest BCUT2D eigenvalue weighted by molar-refractivity contribution is 5.98. The van der Waals surface area contributed by atoms with Crippen molar-refractivity contribution in [2.45, 2.75) is 62.8 Å². The number of nitrogens with one attached hydrogen (secondary N) is 3. The normalized spacial score (nSPS) is 22.8. The van der Waals surface area contributed by atoms with Crippen LogP contribution in [0.25, 0.3) is 0 Å². The fraction of sp³-hybridized carbons (Fsp3) is 0.706. The molecule has 0 atom stereocenters. The Labute approximate surface area is 135 Å². The van der Waals surface area contributed by atoms with Gasteiger partial charge in [-0.15, -0.1) is 0 Å². The summed E-state index contributed by atoms with van der Waals surface area (Å²) in [7, 11) is 0. The summed E-state index contributed by atoms with van der Waals surface area (Å²) in [4.78, 5) is 25.2. The molecule has 1 aromatic heterocycles. The molecule has 3 N–H and O–H groups in total. The van der Waals surface area contributed by atoms with Crippen molar-refractivity contribution in [3.63, 3.8) is 0 Å². The van der Waals surface area contributed by atoms with Gasteiger partial charge in [-0.05, 0) is 50.5 Å². The average Bonchev–Trinajstić information content (AvgIpc) is 3.47. The Balaban J connectivity index is 1.43. The van der Waals surface area contributed by atoms with Gasteiger partial charge in [-0.3, -0.25) is 14.7 Å². The van der Waals surface area contributed by atoms with Gasteiger partial charge in [0.25, 0.3) is 5.91 Å². The molecule has 2 amide bonds. The highest BCUT2D eigenvalue weighted by Gasteiger charge is 2.43. The van der Waals surface area contributed by atoms with Crippen LogP contribution < -0.4 is 10.6 Å². The monoisotopic (exact) mass is 316 g/mol. The van der Waals surface area contributed by atoms with E-state index in [2.05, 4.69) is 20.8 Å². The number of rotatable bonds is 6. The van der Waals surface area contributed by atoms with E-state index < -0.39 is 5.54 Å². The summed E-state index contributed by atoms with van der Waals surface area (Å²) < 4.78 is 0. The first-order valence-corrected chi connectivity index (χ1v) is 8.82. The van der Waals surface area contributed by atoms with Crippen molar-refractivity contribution < 1.29 is 9.59 Å². The van der Waals surface area contributed by atoms with Crippen LogP contribution in [0.3, 0.4) is 0 Å². The number of carbonyl (C=O) groups is 2. The zero-order valence-electron chi connectivity index (χ0n) is 13.4. The van der Waals surface area contributed by atoms with Gasteiger partial charge in [0.2, 0.25) is 5.91 Å². The third-order valence-electron chi connectivity index (χ3n) is 5.34. The highest BCUT2D eigenvalue weighted by atomic mass is 16.2. The summed E-state index contributed by atoms with van der Waals surface area (Å²) in [5.41, 5.74) is 0.687. The molecule has 1 aromatic rings. The fourth-order valence-electron chi connectivity index (χ4n) is 3.45. The van der Waals surface area contributed by atoms with Gasteiger partial charge in [-0.2, -0.15) is 5.10 Å². The van der Waals surface area contributed by atoms with E-state index in [4.69, 9.17) is 0 Å². The first-order valence-electron chi connectivity index (χ1n) is 8.82. The molecule has 0 aliphatic heterocycles. The second-order valence-corrected chi connectivity index (χ2v) is 7.38. The van der Waals surface area contributed by atoms with Gasteiger partial charge in [-0.1, -0.05) is 12.8 Å². The molecule has 3 fully saturated rings. The molecule has 0 bridgehead atoms. The van der Waals surface area contributed by atoms with Gasteiger partial charge in [0.05, 0.1) is 0 Å². The molecule has 6 heteroatoms. The Morgan fingerprint density at radius 1 is 1.22 bits per heavy atom. The molecule has 0 radical (unpaired) electrons. The Morgan fingerprint density at radius 2 is 1.96 bits per heavy atom. The summed E-state index contributed by atoms with van der Waals surface area (Å²) in [6.45, 7) is 0.741. The first kappa shape index (κ1) is 14.7. The van der Waals surface area contributed by atoms with Crippen molar-refractivity contribution in [3.8, 4) is 0 Å². The topological polar surface area (TPSA) is 86.9 Å². The van der Waals surface area contributed by atoms with E-state index in [1.54, 1.807) is 0 Å². The number of amides is 2. The smallest absolute Gasteiger partial charge is 0.272 e. The number of aromatic nitrogens is 2. The molecule has 3 saturated carbocycles. The van der Waals surface area contributed by atoms with Gasteiger partial charge in [0.1, 0.15) is 11.2 Å². The molecule has 3 aliphatic rings. The molecule has 4 rings (SSSR count). The van der Waals surface area contributed by atoms with E-state index >= 15 is 0 Å². The minimum Gasteiger partial charge on any atom is -0.354 e. The van der Waals surface area contributed by atoms with E-state index in [9.17, 15) is 9.59 Å². The standard InChI is InChI=1S/C17H24N4O2/c22-15(14-9-13(20-21-14)12-5-6-12)19-17(7-1-2-8-17)16(23)18-10-11-3-4-11/h9,11-12H,1-8,10H2,(H,18,23)(H,19,22)(H,20,21). The second kappa shape index (κ2) is 5.65. The minimum absolute atomic E-state index is 0.0202. The van der Waals surface area contributed by atoms with E-state index in [0.717, 1.165) is 50.8 Å². The lowest BCUT2D eigenvalue weighted by molar-refractivity contribution is -0.127. The van der Waals surface area contributed by atoms with Crippen molar-refractivity contribution >= 4 is 11.8 Å². The number of aromatic amines is 1. The summed E-state index contributed by atoms with van der Waals surface area (Å²) in [6, 6.07) is 1.83. The van der Waals surface area contributed by atoms with Crippen molar-refractivity contribution in [1.29, 1.82) is 0 Å². The van der Waals surface area contributed by atoms with Crippen molar-refractivity contribution in [1.82, 2.24) is 20.8 Å². The predicted molar refractivity (Wildman–Crippen MR) is 85.0 cm³/mol. The van der Waals surface area contributed by atoms with Gasteiger partial charge in [0.15, 0.2) is 0 Å². The van der Waals surface area contributed by atoms with Crippen LogP contribution in [-0.4, -0.2) is 34.1 Å². The maximum atomic E-state index is 12.6. The van der Waals surface area contributed by atoms with E-state index in [0.29, 0.717) is 17.5 Å². The predicted octanol–water partition coefficient (Wildman–Crippen LogP) is 1.86. The summed E-state index contributed by atoms with van der Waals surface area (Å²) >= 11 is 0. The third kappa shape index (κ3) is 3.12. The minimum atomic E-state index is -0.745. The zero-order valence-corrected chi connectivity index (χ0v) is 13.4. The summed E-state index contributed by atoms with van der Waals surface area (Å²) in [5, 5.41) is 13.1. The van der Waals surface area contributed by atoms with Crippen LogP contribution in [0.5, 0.6) is 0 Å². The van der Waals surface area contributed by atoms with Crippen LogP contribution in [-0.2, 0) is 4.79 Å². The lowest BCUT2D eigenvalue weighted by Gasteiger charge is -2.28. The molecule has 23 heavy (non-hydrogen) atoms. The van der Waals surface area contributed by atoms with Crippen LogP contribution in [0.15, 0.2) is 6.07 Å². The molecule has 1 heterocycles. The quantitative estimate of drug-likeness (QED) is 0.748. The molecule has 3 aliphatic carbocycles. The van der Waals surface area contributed by atoms with Crippen LogP contribution >= 0.6 is 0 Å². The molecule has 0 spiro atoms. The third-order valence-corrected chi connectivity index (χ3v) is 5.34. The molecule has 0 unspecified atom stereocenters. The van der Waals surface area contributed by atoms with Gasteiger partial charge in [-0.25, -0.2) is 0 Å². The Kier molecular flexibility index (Phi) is 3.62. The number of H-pyrrole nitrogens is 1. The van der Waals surface area contributed by atoms with Gasteiger partial charge < -0.3 is 10.6 Å². The van der Waals surface area contributed by atoms with Gasteiger partial charge >= 0.3 is 0 Å². The van der Waals surface area contributed by atoms with Crippen LogP contribution in [0, 0.1) is 5.92 Å². The summed E-state index contributed by atoms with van der Waals surface area (Å²) in [5.74, 6) is 0.914.